The fourth-order valence-electron chi connectivity index (χ4n) is 7.36. The maximum atomic E-state index is 9.89. The Labute approximate surface area is 244 Å². The highest BCUT2D eigenvalue weighted by molar-refractivity contribution is 7.16. The van der Waals surface area contributed by atoms with Crippen LogP contribution in [0.3, 0.4) is 0 Å². The summed E-state index contributed by atoms with van der Waals surface area (Å²) in [6.45, 7) is 7.03. The number of nitrogens with two attached hydrogens (primary N) is 1. The molecule has 4 aliphatic rings. The average molecular weight is 576 g/mol. The summed E-state index contributed by atoms with van der Waals surface area (Å²) in [6.07, 6.45) is 7.22. The minimum Gasteiger partial charge on any atom is -0.459 e. The van der Waals surface area contributed by atoms with Crippen molar-refractivity contribution in [1.82, 2.24) is 30.3 Å². The van der Waals surface area contributed by atoms with Gasteiger partial charge in [0.1, 0.15) is 28.7 Å². The summed E-state index contributed by atoms with van der Waals surface area (Å²) in [4.78, 5) is 20.4. The van der Waals surface area contributed by atoms with Crippen LogP contribution in [0.4, 0.5) is 10.8 Å². The first-order valence-electron chi connectivity index (χ1n) is 14.8. The molecule has 0 saturated carbocycles. The Morgan fingerprint density at radius 2 is 2.02 bits per heavy atom. The number of fused-ring (bicyclic) bond motifs is 3. The average Bonchev–Trinajstić information content (AvgIpc) is 3.75. The fourth-order valence-corrected chi connectivity index (χ4v) is 8.55. The molecule has 11 nitrogen and oxygen atoms in total. The van der Waals surface area contributed by atoms with Gasteiger partial charge in [-0.3, -0.25) is 4.90 Å². The fraction of sp³-hybridized carbons (Fsp3) is 0.621. The molecule has 0 radical (unpaired) electrons. The molecule has 3 fully saturated rings. The standard InChI is InChI=1S/C29H37N9O2S/c1-16(21-6-5-11-37(21)3)39-28-33-20(12-23(34-28)38-14-17-8-9-18(15-38)32-17)26-35-27(40-36-26)29(2)10-4-7-22-24(29)19(13-30)25(31)41-22/h12,16-18,21,32H,4-11,14-15,31H2,1-3H3/t16-,17?,18?,21-,29-/m0/s1. The van der Waals surface area contributed by atoms with Crippen LogP contribution in [0.5, 0.6) is 6.01 Å². The molecule has 12 heteroatoms. The summed E-state index contributed by atoms with van der Waals surface area (Å²) in [7, 11) is 2.15. The van der Waals surface area contributed by atoms with E-state index in [1.165, 1.54) is 30.6 Å². The van der Waals surface area contributed by atoms with Gasteiger partial charge < -0.3 is 25.2 Å². The Morgan fingerprint density at radius 3 is 2.76 bits per heavy atom. The molecule has 3 aromatic heterocycles. The van der Waals surface area contributed by atoms with Crippen molar-refractivity contribution in [3.05, 3.63) is 28.0 Å². The number of piperazine rings is 1. The smallest absolute Gasteiger partial charge is 0.319 e. The molecule has 6 heterocycles. The van der Waals surface area contributed by atoms with E-state index in [1.54, 1.807) is 0 Å². The van der Waals surface area contributed by atoms with E-state index in [1.807, 2.05) is 6.07 Å². The topological polar surface area (TPSA) is 142 Å². The van der Waals surface area contributed by atoms with Gasteiger partial charge in [0.05, 0.1) is 11.0 Å². The number of nitrogen functional groups attached to an aromatic ring is 1. The molecule has 3 aliphatic heterocycles. The third-order valence-electron chi connectivity index (χ3n) is 9.52. The minimum atomic E-state index is -0.591. The van der Waals surface area contributed by atoms with Gasteiger partial charge in [-0.15, -0.1) is 11.3 Å². The number of hydrogen-bond acceptors (Lipinski definition) is 12. The normalized spacial score (nSPS) is 28.4. The number of thiophene rings is 1. The predicted octanol–water partition coefficient (Wildman–Crippen LogP) is 3.49. The Kier molecular flexibility index (Phi) is 6.64. The number of hydrogen-bond donors (Lipinski definition) is 2. The molecule has 0 aromatic carbocycles. The van der Waals surface area contributed by atoms with Gasteiger partial charge in [0, 0.05) is 47.7 Å². The molecule has 0 amide bonds. The van der Waals surface area contributed by atoms with Gasteiger partial charge in [0.25, 0.3) is 0 Å². The van der Waals surface area contributed by atoms with Crippen molar-refractivity contribution in [3.8, 4) is 23.6 Å². The number of rotatable bonds is 6. The van der Waals surface area contributed by atoms with Crippen LogP contribution in [0, 0.1) is 11.3 Å². The van der Waals surface area contributed by atoms with Crippen LogP contribution < -0.4 is 20.7 Å². The van der Waals surface area contributed by atoms with Crippen molar-refractivity contribution < 1.29 is 9.26 Å². The molecule has 3 saturated heterocycles. The van der Waals surface area contributed by atoms with Gasteiger partial charge in [-0.25, -0.2) is 0 Å². The highest BCUT2D eigenvalue weighted by Gasteiger charge is 2.43. The maximum absolute atomic E-state index is 9.89. The Hall–Kier alpha value is -3.27. The minimum absolute atomic E-state index is 0.0568. The second-order valence-corrected chi connectivity index (χ2v) is 13.4. The highest BCUT2D eigenvalue weighted by atomic mass is 32.1. The summed E-state index contributed by atoms with van der Waals surface area (Å²) in [6, 6.07) is 5.87. The quantitative estimate of drug-likeness (QED) is 0.446. The van der Waals surface area contributed by atoms with Crippen LogP contribution in [0.1, 0.15) is 74.3 Å². The van der Waals surface area contributed by atoms with Crippen molar-refractivity contribution in [3.63, 3.8) is 0 Å². The molecule has 0 spiro atoms. The summed E-state index contributed by atoms with van der Waals surface area (Å²) < 4.78 is 12.3. The van der Waals surface area contributed by atoms with Crippen LogP contribution in [-0.2, 0) is 11.8 Å². The maximum Gasteiger partial charge on any atom is 0.319 e. The van der Waals surface area contributed by atoms with Crippen LogP contribution >= 0.6 is 11.3 Å². The molecule has 3 aromatic rings. The number of anilines is 2. The van der Waals surface area contributed by atoms with Crippen molar-refractivity contribution in [2.45, 2.75) is 88.4 Å². The molecular formula is C29H37N9O2S. The lowest BCUT2D eigenvalue weighted by Gasteiger charge is -2.34. The van der Waals surface area contributed by atoms with E-state index in [-0.39, 0.29) is 6.10 Å². The Balaban J connectivity index is 1.25. The molecular weight excluding hydrogens is 538 g/mol. The molecule has 7 rings (SSSR count). The zero-order chi connectivity index (χ0) is 28.3. The molecule has 41 heavy (non-hydrogen) atoms. The molecule has 5 atom stereocenters. The highest BCUT2D eigenvalue weighted by Crippen LogP contribution is 2.48. The summed E-state index contributed by atoms with van der Waals surface area (Å²) >= 11 is 1.50. The van der Waals surface area contributed by atoms with Crippen LogP contribution in [0.2, 0.25) is 0 Å². The number of nitriles is 1. The van der Waals surface area contributed by atoms with Gasteiger partial charge in [-0.2, -0.15) is 20.2 Å². The first-order valence-corrected chi connectivity index (χ1v) is 15.6. The number of likely N-dealkylation sites (N-methyl/N-ethyl adjacent to an activating group) is 1. The zero-order valence-electron chi connectivity index (χ0n) is 23.9. The van der Waals surface area contributed by atoms with Crippen molar-refractivity contribution in [2.24, 2.45) is 0 Å². The zero-order valence-corrected chi connectivity index (χ0v) is 24.7. The SMILES string of the molecule is C[C@H](Oc1nc(-c2noc([C@@]3(C)CCCc4sc(N)c(C#N)c43)n2)cc(N2CC3CCC(C2)N3)n1)[C@@H]1CCCN1C. The predicted molar refractivity (Wildman–Crippen MR) is 156 cm³/mol. The van der Waals surface area contributed by atoms with Crippen LogP contribution in [0.25, 0.3) is 11.5 Å². The van der Waals surface area contributed by atoms with E-state index < -0.39 is 5.41 Å². The van der Waals surface area contributed by atoms with Crippen LogP contribution in [-0.4, -0.2) is 75.9 Å². The lowest BCUT2D eigenvalue weighted by atomic mass is 9.72. The second kappa shape index (κ2) is 10.2. The van der Waals surface area contributed by atoms with Crippen molar-refractivity contribution in [1.29, 1.82) is 5.26 Å². The van der Waals surface area contributed by atoms with E-state index in [4.69, 9.17) is 29.9 Å². The molecule has 1 aliphatic carbocycles. The first kappa shape index (κ1) is 26.6. The largest absolute Gasteiger partial charge is 0.459 e. The van der Waals surface area contributed by atoms with Gasteiger partial charge in [-0.1, -0.05) is 5.16 Å². The van der Waals surface area contributed by atoms with Gasteiger partial charge >= 0.3 is 6.01 Å². The van der Waals surface area contributed by atoms with E-state index in [0.717, 1.165) is 61.6 Å². The van der Waals surface area contributed by atoms with Gasteiger partial charge in [0.15, 0.2) is 0 Å². The van der Waals surface area contributed by atoms with Gasteiger partial charge in [0.2, 0.25) is 11.7 Å². The Morgan fingerprint density at radius 1 is 1.22 bits per heavy atom. The van der Waals surface area contributed by atoms with E-state index in [9.17, 15) is 5.26 Å². The number of aryl methyl sites for hydroxylation is 1. The summed E-state index contributed by atoms with van der Waals surface area (Å²) in [5.41, 5.74) is 7.68. The first-order chi connectivity index (χ1) is 19.8. The lowest BCUT2D eigenvalue weighted by Crippen LogP contribution is -2.51. The van der Waals surface area contributed by atoms with Crippen molar-refractivity contribution >= 4 is 22.2 Å². The van der Waals surface area contributed by atoms with Gasteiger partial charge in [-0.05, 0) is 72.4 Å². The van der Waals surface area contributed by atoms with Crippen molar-refractivity contribution in [2.75, 3.05) is 37.3 Å². The number of likely N-dealkylation sites (tertiary alicyclic amines) is 1. The molecule has 2 bridgehead atoms. The Bertz CT molecular complexity index is 1490. The second-order valence-electron chi connectivity index (χ2n) is 12.3. The number of aromatic nitrogens is 4. The van der Waals surface area contributed by atoms with E-state index >= 15 is 0 Å². The van der Waals surface area contributed by atoms with E-state index in [0.29, 0.717) is 52.1 Å². The molecule has 3 N–H and O–H groups in total. The van der Waals surface area contributed by atoms with Crippen LogP contribution in [0.15, 0.2) is 10.6 Å². The third-order valence-corrected chi connectivity index (χ3v) is 10.6. The lowest BCUT2D eigenvalue weighted by molar-refractivity contribution is 0.112. The summed E-state index contributed by atoms with van der Waals surface area (Å²) in [5, 5.41) is 18.5. The van der Waals surface area contributed by atoms with E-state index in [2.05, 4.69) is 47.2 Å². The number of ether oxygens (including phenoxy) is 1. The summed E-state index contributed by atoms with van der Waals surface area (Å²) in [5.74, 6) is 1.70. The third kappa shape index (κ3) is 4.64. The monoisotopic (exact) mass is 575 g/mol. The number of nitrogens with zero attached hydrogens (tertiary/aromatic N) is 7. The molecule has 2 unspecified atom stereocenters. The molecule has 216 valence electrons. The number of nitrogens with one attached hydrogen (secondary N) is 1.